The second-order valence-electron chi connectivity index (χ2n) is 8.47. The van der Waals surface area contributed by atoms with Gasteiger partial charge in [-0.2, -0.15) is 0 Å². The van der Waals surface area contributed by atoms with Crippen LogP contribution in [-0.2, 0) is 16.0 Å². The van der Waals surface area contributed by atoms with E-state index in [0.29, 0.717) is 38.4 Å². The van der Waals surface area contributed by atoms with Crippen molar-refractivity contribution < 1.29 is 18.7 Å². The molecule has 7 heteroatoms. The molecule has 0 radical (unpaired) electrons. The van der Waals surface area contributed by atoms with E-state index in [0.717, 1.165) is 31.2 Å². The molecule has 0 aromatic heterocycles. The van der Waals surface area contributed by atoms with Gasteiger partial charge in [0.05, 0.1) is 6.42 Å². The summed E-state index contributed by atoms with van der Waals surface area (Å²) in [5.41, 5.74) is 1.46. The summed E-state index contributed by atoms with van der Waals surface area (Å²) in [7, 11) is 0. The van der Waals surface area contributed by atoms with Crippen molar-refractivity contribution in [1.29, 1.82) is 0 Å². The fourth-order valence-corrected chi connectivity index (χ4v) is 4.65. The van der Waals surface area contributed by atoms with E-state index >= 15 is 0 Å². The van der Waals surface area contributed by atoms with Gasteiger partial charge in [0.1, 0.15) is 5.82 Å². The van der Waals surface area contributed by atoms with Gasteiger partial charge in [0.15, 0.2) is 0 Å². The van der Waals surface area contributed by atoms with Crippen molar-refractivity contribution >= 4 is 17.6 Å². The minimum absolute atomic E-state index is 0.104. The Labute approximate surface area is 188 Å². The predicted octanol–water partition coefficient (Wildman–Crippen LogP) is 4.07. The largest absolute Gasteiger partial charge is 0.381 e. The van der Waals surface area contributed by atoms with Gasteiger partial charge in [-0.15, -0.1) is 0 Å². The molecule has 2 aliphatic rings. The topological polar surface area (TPSA) is 61.9 Å². The van der Waals surface area contributed by atoms with Gasteiger partial charge in [0, 0.05) is 44.1 Å². The molecule has 2 aliphatic heterocycles. The van der Waals surface area contributed by atoms with E-state index in [2.05, 4.69) is 10.2 Å². The van der Waals surface area contributed by atoms with Crippen LogP contribution >= 0.6 is 0 Å². The van der Waals surface area contributed by atoms with Crippen LogP contribution in [0.5, 0.6) is 0 Å². The first-order chi connectivity index (χ1) is 15.6. The minimum atomic E-state index is -0.384. The van der Waals surface area contributed by atoms with E-state index in [9.17, 15) is 14.0 Å². The zero-order chi connectivity index (χ0) is 22.3. The molecular formula is C25H30FN3O3. The fourth-order valence-electron chi connectivity index (χ4n) is 4.65. The van der Waals surface area contributed by atoms with Crippen molar-refractivity contribution in [2.45, 2.75) is 44.2 Å². The number of hydrogen-bond donors (Lipinski definition) is 1. The highest BCUT2D eigenvalue weighted by atomic mass is 19.1. The predicted molar refractivity (Wildman–Crippen MR) is 121 cm³/mol. The Bertz CT molecular complexity index is 910. The molecule has 3 amide bonds. The minimum Gasteiger partial charge on any atom is -0.381 e. The number of urea groups is 1. The van der Waals surface area contributed by atoms with Crippen LogP contribution < -0.4 is 5.32 Å². The molecule has 2 heterocycles. The number of amides is 3. The summed E-state index contributed by atoms with van der Waals surface area (Å²) in [6.45, 7) is 2.47. The molecule has 2 aromatic carbocycles. The second kappa shape index (κ2) is 10.6. The zero-order valence-corrected chi connectivity index (χ0v) is 18.2. The van der Waals surface area contributed by atoms with Crippen LogP contribution in [0.4, 0.5) is 14.9 Å². The number of halogens is 1. The van der Waals surface area contributed by atoms with E-state index in [4.69, 9.17) is 4.74 Å². The number of nitrogens with one attached hydrogen (secondary N) is 1. The molecule has 0 aliphatic carbocycles. The van der Waals surface area contributed by atoms with Crippen LogP contribution in [0.2, 0.25) is 0 Å². The maximum atomic E-state index is 13.4. The molecule has 2 fully saturated rings. The third-order valence-electron chi connectivity index (χ3n) is 6.29. The maximum Gasteiger partial charge on any atom is 0.321 e. The van der Waals surface area contributed by atoms with E-state index in [-0.39, 0.29) is 29.8 Å². The Morgan fingerprint density at radius 1 is 0.969 bits per heavy atom. The Kier molecular flexibility index (Phi) is 7.37. The van der Waals surface area contributed by atoms with Gasteiger partial charge in [-0.25, -0.2) is 9.18 Å². The second-order valence-corrected chi connectivity index (χ2v) is 8.47. The number of nitrogens with zero attached hydrogens (tertiary/aromatic N) is 2. The normalized spacial score (nSPS) is 17.7. The third-order valence-corrected chi connectivity index (χ3v) is 6.29. The van der Waals surface area contributed by atoms with Crippen LogP contribution in [0.15, 0.2) is 54.6 Å². The zero-order valence-electron chi connectivity index (χ0n) is 18.2. The molecule has 1 N–H and O–H groups in total. The van der Waals surface area contributed by atoms with Crippen molar-refractivity contribution in [1.82, 2.24) is 9.80 Å². The Morgan fingerprint density at radius 3 is 2.34 bits per heavy atom. The molecule has 2 saturated heterocycles. The number of anilines is 1. The number of hydrogen-bond acceptors (Lipinski definition) is 3. The standard InChI is InChI=1S/C25H30FN3O3/c26-20-7-4-8-21(18-20)27-25(31)28-13-9-22(10-14-28)29(23-11-15-32-16-12-23)24(30)17-19-5-2-1-3-6-19/h1-8,18,22-23H,9-17H2,(H,27,31). The number of carbonyl (C=O) groups is 2. The van der Waals surface area contributed by atoms with Crippen molar-refractivity contribution in [3.63, 3.8) is 0 Å². The molecule has 0 saturated carbocycles. The molecule has 170 valence electrons. The number of carbonyl (C=O) groups excluding carboxylic acids is 2. The van der Waals surface area contributed by atoms with Crippen molar-refractivity contribution in [2.24, 2.45) is 0 Å². The first-order valence-electron chi connectivity index (χ1n) is 11.3. The summed E-state index contributed by atoms with van der Waals surface area (Å²) in [6, 6.07) is 15.8. The summed E-state index contributed by atoms with van der Waals surface area (Å²) in [5.74, 6) is -0.240. The summed E-state index contributed by atoms with van der Waals surface area (Å²) < 4.78 is 18.9. The number of ether oxygens (including phenoxy) is 1. The quantitative estimate of drug-likeness (QED) is 0.764. The van der Waals surface area contributed by atoms with Crippen molar-refractivity contribution in [3.8, 4) is 0 Å². The molecule has 0 spiro atoms. The van der Waals surface area contributed by atoms with Crippen LogP contribution in [0.1, 0.15) is 31.2 Å². The van der Waals surface area contributed by atoms with Crippen LogP contribution in [0.3, 0.4) is 0 Å². The molecule has 2 aromatic rings. The van der Waals surface area contributed by atoms with E-state index in [1.54, 1.807) is 17.0 Å². The average molecular weight is 440 g/mol. The lowest BCUT2D eigenvalue weighted by Crippen LogP contribution is -2.54. The van der Waals surface area contributed by atoms with E-state index in [1.807, 2.05) is 30.3 Å². The molecule has 6 nitrogen and oxygen atoms in total. The number of likely N-dealkylation sites (tertiary alicyclic amines) is 1. The van der Waals surface area contributed by atoms with E-state index < -0.39 is 0 Å². The first-order valence-corrected chi connectivity index (χ1v) is 11.3. The summed E-state index contributed by atoms with van der Waals surface area (Å²) >= 11 is 0. The van der Waals surface area contributed by atoms with Crippen LogP contribution in [-0.4, -0.2) is 60.1 Å². The molecule has 0 bridgehead atoms. The van der Waals surface area contributed by atoms with Gasteiger partial charge < -0.3 is 19.9 Å². The number of benzene rings is 2. The summed E-state index contributed by atoms with van der Waals surface area (Å²) in [6.07, 6.45) is 3.54. The lowest BCUT2D eigenvalue weighted by molar-refractivity contribution is -0.139. The van der Waals surface area contributed by atoms with Crippen molar-refractivity contribution in [3.05, 3.63) is 66.0 Å². The smallest absolute Gasteiger partial charge is 0.321 e. The lowest BCUT2D eigenvalue weighted by atomic mass is 9.96. The van der Waals surface area contributed by atoms with Gasteiger partial charge in [0.25, 0.3) is 0 Å². The van der Waals surface area contributed by atoms with Gasteiger partial charge in [-0.05, 0) is 49.4 Å². The van der Waals surface area contributed by atoms with Crippen molar-refractivity contribution in [2.75, 3.05) is 31.6 Å². The highest BCUT2D eigenvalue weighted by molar-refractivity contribution is 5.89. The van der Waals surface area contributed by atoms with Gasteiger partial charge in [-0.1, -0.05) is 36.4 Å². The highest BCUT2D eigenvalue weighted by Gasteiger charge is 2.34. The Hall–Kier alpha value is -2.93. The van der Waals surface area contributed by atoms with E-state index in [1.165, 1.54) is 12.1 Å². The number of piperidine rings is 1. The SMILES string of the molecule is O=C(Nc1cccc(F)c1)N1CCC(N(C(=O)Cc2ccccc2)C2CCOCC2)CC1. The monoisotopic (exact) mass is 439 g/mol. The van der Waals surface area contributed by atoms with Crippen LogP contribution in [0.25, 0.3) is 0 Å². The maximum absolute atomic E-state index is 13.4. The fraction of sp³-hybridized carbons (Fsp3) is 0.440. The van der Waals surface area contributed by atoms with Gasteiger partial charge in [-0.3, -0.25) is 4.79 Å². The molecule has 4 rings (SSSR count). The Morgan fingerprint density at radius 2 is 1.66 bits per heavy atom. The van der Waals surface area contributed by atoms with Gasteiger partial charge >= 0.3 is 6.03 Å². The first kappa shape index (κ1) is 22.3. The van der Waals surface area contributed by atoms with Crippen LogP contribution in [0, 0.1) is 5.82 Å². The molecular weight excluding hydrogens is 409 g/mol. The highest BCUT2D eigenvalue weighted by Crippen LogP contribution is 2.25. The summed E-state index contributed by atoms with van der Waals surface area (Å²) in [4.78, 5) is 29.8. The lowest BCUT2D eigenvalue weighted by Gasteiger charge is -2.43. The van der Waals surface area contributed by atoms with Gasteiger partial charge in [0.2, 0.25) is 5.91 Å². The third kappa shape index (κ3) is 5.65. The molecule has 0 atom stereocenters. The summed E-state index contributed by atoms with van der Waals surface area (Å²) in [5, 5.41) is 2.77. The average Bonchev–Trinajstić information content (AvgIpc) is 2.81. The number of rotatable bonds is 5. The Balaban J connectivity index is 1.39. The molecule has 0 unspecified atom stereocenters. The molecule has 32 heavy (non-hydrogen) atoms.